The van der Waals surface area contributed by atoms with Gasteiger partial charge in [-0.25, -0.2) is 4.79 Å². The van der Waals surface area contributed by atoms with E-state index in [1.165, 1.54) is 111 Å². The fraction of sp³-hybridized carbons (Fsp3) is 0.643. The molecule has 3 heteroatoms. The lowest BCUT2D eigenvalue weighted by Crippen LogP contribution is -2.47. The van der Waals surface area contributed by atoms with Crippen molar-refractivity contribution in [1.29, 1.82) is 0 Å². The molecule has 45 heavy (non-hydrogen) atoms. The lowest BCUT2D eigenvalue weighted by Gasteiger charge is -2.38. The molecule has 2 unspecified atom stereocenters. The molecule has 0 fully saturated rings. The van der Waals surface area contributed by atoms with Crippen molar-refractivity contribution in [2.75, 3.05) is 0 Å². The van der Waals surface area contributed by atoms with E-state index in [9.17, 15) is 4.79 Å². The summed E-state index contributed by atoms with van der Waals surface area (Å²) in [5.41, 5.74) is 1.12. The maximum absolute atomic E-state index is 14.3. The quantitative estimate of drug-likeness (QED) is 0.0741. The molecule has 0 heterocycles. The molecule has 0 radical (unpaired) electrons. The Balaban J connectivity index is 1.79. The number of carbonyl (C=O) groups excluding carboxylic acids is 1. The van der Waals surface area contributed by atoms with E-state index in [1.807, 2.05) is 0 Å². The lowest BCUT2D eigenvalue weighted by atomic mass is 9.95. The van der Waals surface area contributed by atoms with Crippen LogP contribution in [0.4, 0.5) is 4.79 Å². The molecule has 0 saturated carbocycles. The van der Waals surface area contributed by atoms with Gasteiger partial charge in [0, 0.05) is 17.6 Å². The third-order valence-corrected chi connectivity index (χ3v) is 9.75. The van der Waals surface area contributed by atoms with E-state index in [4.69, 9.17) is 4.74 Å². The van der Waals surface area contributed by atoms with E-state index < -0.39 is 0 Å². The second-order valence-electron chi connectivity index (χ2n) is 13.5. The zero-order valence-corrected chi connectivity index (χ0v) is 29.5. The molecule has 3 aromatic rings. The number of amides is 1. The van der Waals surface area contributed by atoms with Crippen LogP contribution in [0.1, 0.15) is 162 Å². The Hall–Kier alpha value is -2.55. The van der Waals surface area contributed by atoms with E-state index in [1.54, 1.807) is 0 Å². The average Bonchev–Trinajstić information content (AvgIpc) is 3.05. The van der Waals surface area contributed by atoms with Crippen LogP contribution in [-0.4, -0.2) is 23.1 Å². The maximum Gasteiger partial charge on any atom is 0.410 e. The Morgan fingerprint density at radius 2 is 0.978 bits per heavy atom. The van der Waals surface area contributed by atoms with Gasteiger partial charge in [0.1, 0.15) is 6.61 Å². The minimum absolute atomic E-state index is 0.102. The van der Waals surface area contributed by atoms with E-state index in [0.29, 0.717) is 6.61 Å². The number of benzene rings is 3. The average molecular weight is 616 g/mol. The highest BCUT2D eigenvalue weighted by Crippen LogP contribution is 2.31. The molecule has 0 aliphatic rings. The molecule has 3 rings (SSSR count). The van der Waals surface area contributed by atoms with Crippen molar-refractivity contribution in [3.8, 4) is 0 Å². The van der Waals surface area contributed by atoms with Gasteiger partial charge >= 0.3 is 6.09 Å². The van der Waals surface area contributed by atoms with Gasteiger partial charge in [0.2, 0.25) is 0 Å². The molecule has 0 N–H and O–H groups in total. The van der Waals surface area contributed by atoms with Gasteiger partial charge in [-0.2, -0.15) is 0 Å². The summed E-state index contributed by atoms with van der Waals surface area (Å²) in [6.07, 6.45) is 24.6. The number of unbranched alkanes of at least 4 members (excludes halogenated alkanes) is 12. The molecule has 0 spiro atoms. The first-order chi connectivity index (χ1) is 22.1. The van der Waals surface area contributed by atoms with Crippen molar-refractivity contribution < 1.29 is 9.53 Å². The highest BCUT2D eigenvalue weighted by atomic mass is 16.6. The largest absolute Gasteiger partial charge is 0.444 e. The molecule has 0 saturated heterocycles. The van der Waals surface area contributed by atoms with Gasteiger partial charge in [-0.1, -0.05) is 179 Å². The molecular weight excluding hydrogens is 550 g/mol. The molecule has 0 aliphatic carbocycles. The number of carbonyl (C=O) groups is 1. The van der Waals surface area contributed by atoms with Crippen LogP contribution in [0.2, 0.25) is 0 Å². The van der Waals surface area contributed by atoms with Gasteiger partial charge in [0.25, 0.3) is 0 Å². The predicted molar refractivity (Wildman–Crippen MR) is 196 cm³/mol. The van der Waals surface area contributed by atoms with Crippen LogP contribution in [0, 0.1) is 0 Å². The minimum Gasteiger partial charge on any atom is -0.444 e. The maximum atomic E-state index is 14.3. The Morgan fingerprint density at radius 1 is 0.556 bits per heavy atom. The van der Waals surface area contributed by atoms with E-state index in [-0.39, 0.29) is 18.2 Å². The summed E-state index contributed by atoms with van der Waals surface area (Å²) >= 11 is 0. The van der Waals surface area contributed by atoms with Crippen molar-refractivity contribution >= 4 is 27.6 Å². The van der Waals surface area contributed by atoms with Gasteiger partial charge in [0.05, 0.1) is 0 Å². The van der Waals surface area contributed by atoms with Crippen LogP contribution in [-0.2, 0) is 11.3 Å². The molecule has 250 valence electrons. The van der Waals surface area contributed by atoms with Gasteiger partial charge < -0.3 is 9.64 Å². The van der Waals surface area contributed by atoms with Crippen LogP contribution in [0.25, 0.3) is 21.5 Å². The SMILES string of the molecule is CCCCCCCCCC(CCC)N(C(=O)OCc1c2ccccc2cc2ccccc12)C(CCC)CCCCCCCCC. The molecule has 3 nitrogen and oxygen atoms in total. The molecule has 0 aliphatic heterocycles. The summed E-state index contributed by atoms with van der Waals surface area (Å²) in [4.78, 5) is 16.6. The Kier molecular flexibility index (Phi) is 18.1. The number of rotatable bonds is 24. The lowest BCUT2D eigenvalue weighted by molar-refractivity contribution is 0.0504. The van der Waals surface area contributed by atoms with Gasteiger partial charge in [-0.3, -0.25) is 0 Å². The minimum atomic E-state index is -0.102. The van der Waals surface area contributed by atoms with E-state index >= 15 is 0 Å². The summed E-state index contributed by atoms with van der Waals surface area (Å²) in [6.45, 7) is 9.42. The molecular formula is C42H65NO2. The smallest absolute Gasteiger partial charge is 0.410 e. The highest BCUT2D eigenvalue weighted by molar-refractivity contribution is 6.02. The van der Waals surface area contributed by atoms with Crippen LogP contribution < -0.4 is 0 Å². The zero-order chi connectivity index (χ0) is 32.1. The Morgan fingerprint density at radius 3 is 1.42 bits per heavy atom. The summed E-state index contributed by atoms with van der Waals surface area (Å²) in [5, 5.41) is 4.75. The molecule has 2 atom stereocenters. The summed E-state index contributed by atoms with van der Waals surface area (Å²) in [6, 6.07) is 19.8. The Labute approximate surface area is 276 Å². The predicted octanol–water partition coefficient (Wildman–Crippen LogP) is 13.6. The summed E-state index contributed by atoms with van der Waals surface area (Å²) < 4.78 is 6.39. The van der Waals surface area contributed by atoms with Crippen molar-refractivity contribution in [1.82, 2.24) is 4.90 Å². The summed E-state index contributed by atoms with van der Waals surface area (Å²) in [5.74, 6) is 0. The second kappa shape index (κ2) is 22.1. The normalized spacial score (nSPS) is 12.9. The summed E-state index contributed by atoms with van der Waals surface area (Å²) in [7, 11) is 0. The highest BCUT2D eigenvalue weighted by Gasteiger charge is 2.31. The monoisotopic (exact) mass is 616 g/mol. The first-order valence-electron chi connectivity index (χ1n) is 19.0. The second-order valence-corrected chi connectivity index (χ2v) is 13.5. The van der Waals surface area contributed by atoms with Crippen molar-refractivity contribution in [3.63, 3.8) is 0 Å². The van der Waals surface area contributed by atoms with Crippen LogP contribution in [0.5, 0.6) is 0 Å². The first-order valence-corrected chi connectivity index (χ1v) is 19.0. The van der Waals surface area contributed by atoms with E-state index in [2.05, 4.69) is 87.2 Å². The third kappa shape index (κ3) is 12.3. The van der Waals surface area contributed by atoms with Gasteiger partial charge in [-0.05, 0) is 53.3 Å². The number of ether oxygens (including phenoxy) is 1. The first kappa shape index (κ1) is 36.9. The number of fused-ring (bicyclic) bond motifs is 2. The van der Waals surface area contributed by atoms with Crippen LogP contribution in [0.15, 0.2) is 54.6 Å². The fourth-order valence-corrected chi connectivity index (χ4v) is 7.25. The van der Waals surface area contributed by atoms with Crippen molar-refractivity contribution in [2.24, 2.45) is 0 Å². The number of nitrogens with zero attached hydrogens (tertiary/aromatic N) is 1. The van der Waals surface area contributed by atoms with Crippen LogP contribution >= 0.6 is 0 Å². The fourth-order valence-electron chi connectivity index (χ4n) is 7.25. The molecule has 0 aromatic heterocycles. The molecule has 1 amide bonds. The Bertz CT molecular complexity index is 1140. The number of hydrogen-bond acceptors (Lipinski definition) is 2. The number of hydrogen-bond donors (Lipinski definition) is 0. The molecule has 3 aromatic carbocycles. The van der Waals surface area contributed by atoms with Gasteiger partial charge in [-0.15, -0.1) is 0 Å². The van der Waals surface area contributed by atoms with Crippen molar-refractivity contribution in [2.45, 2.75) is 175 Å². The van der Waals surface area contributed by atoms with Crippen LogP contribution in [0.3, 0.4) is 0 Å². The van der Waals surface area contributed by atoms with E-state index in [0.717, 1.165) is 44.1 Å². The molecule has 0 bridgehead atoms. The standard InChI is InChI=1S/C42H65NO2/c1-5-9-11-13-15-17-19-29-37(25-7-3)43(38(26-8-4)30-20-18-16-14-12-10-6-2)42(44)45-34-41-39-31-23-21-27-35(39)33-36-28-22-24-32-40(36)41/h21-24,27-28,31-33,37-38H,5-20,25-26,29-30,34H2,1-4H3. The third-order valence-electron chi connectivity index (χ3n) is 9.75. The van der Waals surface area contributed by atoms with Crippen molar-refractivity contribution in [3.05, 3.63) is 60.2 Å². The zero-order valence-electron chi connectivity index (χ0n) is 29.5. The topological polar surface area (TPSA) is 29.5 Å². The van der Waals surface area contributed by atoms with Gasteiger partial charge in [0.15, 0.2) is 0 Å².